The fourth-order valence-electron chi connectivity index (χ4n) is 1.82. The van der Waals surface area contributed by atoms with E-state index < -0.39 is 4.92 Å². The molecule has 0 aliphatic carbocycles. The maximum absolute atomic E-state index is 11.8. The molecule has 5 nitrogen and oxygen atoms in total. The molecule has 88 valence electrons. The minimum absolute atomic E-state index is 0.0637. The monoisotopic (exact) mass is 232 g/mol. The molecule has 0 saturated carbocycles. The maximum atomic E-state index is 11.8. The van der Waals surface area contributed by atoms with Crippen LogP contribution in [0.15, 0.2) is 29.1 Å². The zero-order chi connectivity index (χ0) is 12.4. The number of nitro benzene ring substituents is 1. The van der Waals surface area contributed by atoms with Crippen LogP contribution in [0.1, 0.15) is 19.0 Å². The van der Waals surface area contributed by atoms with E-state index in [4.69, 9.17) is 0 Å². The van der Waals surface area contributed by atoms with Crippen LogP contribution in [-0.2, 0) is 6.42 Å². The fourth-order valence-corrected chi connectivity index (χ4v) is 1.82. The number of hydrogen-bond acceptors (Lipinski definition) is 3. The average Bonchev–Trinajstić information content (AvgIpc) is 2.29. The van der Waals surface area contributed by atoms with Gasteiger partial charge in [-0.05, 0) is 23.9 Å². The van der Waals surface area contributed by atoms with Crippen LogP contribution < -0.4 is 5.56 Å². The van der Waals surface area contributed by atoms with E-state index in [-0.39, 0.29) is 11.2 Å². The normalized spacial score (nSPS) is 10.6. The van der Waals surface area contributed by atoms with Crippen molar-refractivity contribution in [2.75, 3.05) is 0 Å². The average molecular weight is 232 g/mol. The first-order valence-corrected chi connectivity index (χ1v) is 5.42. The van der Waals surface area contributed by atoms with Crippen molar-refractivity contribution in [1.29, 1.82) is 0 Å². The highest BCUT2D eigenvalue weighted by Gasteiger charge is 2.09. The van der Waals surface area contributed by atoms with Crippen LogP contribution in [0, 0.1) is 10.1 Å². The van der Waals surface area contributed by atoms with Gasteiger partial charge >= 0.3 is 0 Å². The number of pyridine rings is 1. The number of fused-ring (bicyclic) bond motifs is 1. The molecular formula is C12H12N2O3. The van der Waals surface area contributed by atoms with Gasteiger partial charge in [-0.1, -0.05) is 13.3 Å². The Kier molecular flexibility index (Phi) is 2.91. The second-order valence-electron chi connectivity index (χ2n) is 3.90. The smallest absolute Gasteiger partial charge is 0.270 e. The fraction of sp³-hybridized carbons (Fsp3) is 0.250. The SMILES string of the molecule is CCCc1cc2ccc([N+](=O)[O-])cc2c(=O)[nH]1. The van der Waals surface area contributed by atoms with Crippen LogP contribution in [0.5, 0.6) is 0 Å². The van der Waals surface area contributed by atoms with E-state index in [9.17, 15) is 14.9 Å². The molecule has 17 heavy (non-hydrogen) atoms. The molecule has 0 spiro atoms. The summed E-state index contributed by atoms with van der Waals surface area (Å²) in [7, 11) is 0. The van der Waals surface area contributed by atoms with Gasteiger partial charge in [0.15, 0.2) is 0 Å². The van der Waals surface area contributed by atoms with Gasteiger partial charge in [0.2, 0.25) is 0 Å². The largest absolute Gasteiger partial charge is 0.326 e. The van der Waals surface area contributed by atoms with Crippen molar-refractivity contribution in [3.63, 3.8) is 0 Å². The highest BCUT2D eigenvalue weighted by molar-refractivity contribution is 5.84. The van der Waals surface area contributed by atoms with Crippen molar-refractivity contribution in [2.24, 2.45) is 0 Å². The van der Waals surface area contributed by atoms with E-state index in [0.717, 1.165) is 23.9 Å². The molecule has 5 heteroatoms. The van der Waals surface area contributed by atoms with Gasteiger partial charge in [-0.25, -0.2) is 0 Å². The van der Waals surface area contributed by atoms with E-state index in [1.54, 1.807) is 6.07 Å². The lowest BCUT2D eigenvalue weighted by atomic mass is 10.1. The predicted octanol–water partition coefficient (Wildman–Crippen LogP) is 2.39. The van der Waals surface area contributed by atoms with E-state index in [1.807, 2.05) is 13.0 Å². The number of nitrogens with zero attached hydrogens (tertiary/aromatic N) is 1. The molecule has 0 radical (unpaired) electrons. The summed E-state index contributed by atoms with van der Waals surface area (Å²) in [5.74, 6) is 0. The third-order valence-corrected chi connectivity index (χ3v) is 2.62. The zero-order valence-electron chi connectivity index (χ0n) is 9.40. The molecule has 0 amide bonds. The zero-order valence-corrected chi connectivity index (χ0v) is 9.40. The number of nitro groups is 1. The summed E-state index contributed by atoms with van der Waals surface area (Å²) in [4.78, 5) is 24.6. The minimum atomic E-state index is -0.501. The van der Waals surface area contributed by atoms with Gasteiger partial charge in [-0.15, -0.1) is 0 Å². The van der Waals surface area contributed by atoms with Crippen LogP contribution in [0.2, 0.25) is 0 Å². The first-order chi connectivity index (χ1) is 8.11. The first-order valence-electron chi connectivity index (χ1n) is 5.42. The Bertz CT molecular complexity index is 631. The molecule has 0 bridgehead atoms. The highest BCUT2D eigenvalue weighted by Crippen LogP contribution is 2.18. The number of hydrogen-bond donors (Lipinski definition) is 1. The number of benzene rings is 1. The Morgan fingerprint density at radius 1 is 1.35 bits per heavy atom. The molecule has 0 atom stereocenters. The van der Waals surface area contributed by atoms with Crippen LogP contribution in [0.25, 0.3) is 10.8 Å². The van der Waals surface area contributed by atoms with Crippen LogP contribution in [0.4, 0.5) is 5.69 Å². The Balaban J connectivity index is 2.64. The number of aromatic amines is 1. The summed E-state index contributed by atoms with van der Waals surface area (Å²) in [6.45, 7) is 2.03. The lowest BCUT2D eigenvalue weighted by Crippen LogP contribution is -2.09. The minimum Gasteiger partial charge on any atom is -0.326 e. The van der Waals surface area contributed by atoms with Crippen molar-refractivity contribution in [2.45, 2.75) is 19.8 Å². The van der Waals surface area contributed by atoms with Crippen LogP contribution in [0.3, 0.4) is 0 Å². The van der Waals surface area contributed by atoms with Crippen molar-refractivity contribution in [3.8, 4) is 0 Å². The number of nitrogens with one attached hydrogen (secondary N) is 1. The summed E-state index contributed by atoms with van der Waals surface area (Å²) < 4.78 is 0. The number of non-ortho nitro benzene ring substituents is 1. The summed E-state index contributed by atoms with van der Waals surface area (Å²) >= 11 is 0. The molecule has 1 heterocycles. The van der Waals surface area contributed by atoms with Gasteiger partial charge in [0.25, 0.3) is 11.2 Å². The summed E-state index contributed by atoms with van der Waals surface area (Å²) in [6, 6.07) is 6.20. The summed E-state index contributed by atoms with van der Waals surface area (Å²) in [5.41, 5.74) is 0.528. The molecule has 1 aromatic carbocycles. The molecule has 1 N–H and O–H groups in total. The van der Waals surface area contributed by atoms with Crippen molar-refractivity contribution in [3.05, 3.63) is 50.4 Å². The lowest BCUT2D eigenvalue weighted by Gasteiger charge is -2.02. The number of aryl methyl sites for hydroxylation is 1. The third kappa shape index (κ3) is 2.18. The molecule has 2 aromatic rings. The Labute approximate surface area is 97.2 Å². The van der Waals surface area contributed by atoms with E-state index in [2.05, 4.69) is 4.98 Å². The molecular weight excluding hydrogens is 220 g/mol. The van der Waals surface area contributed by atoms with E-state index >= 15 is 0 Å². The summed E-state index contributed by atoms with van der Waals surface area (Å²) in [5, 5.41) is 11.7. The van der Waals surface area contributed by atoms with Gasteiger partial charge in [0.05, 0.1) is 10.3 Å². The number of rotatable bonds is 3. The first kappa shape index (κ1) is 11.3. The predicted molar refractivity (Wildman–Crippen MR) is 65.2 cm³/mol. The van der Waals surface area contributed by atoms with Crippen molar-refractivity contribution in [1.82, 2.24) is 4.98 Å². The summed E-state index contributed by atoms with van der Waals surface area (Å²) in [6.07, 6.45) is 1.73. The molecule has 0 unspecified atom stereocenters. The lowest BCUT2D eigenvalue weighted by molar-refractivity contribution is -0.384. The van der Waals surface area contributed by atoms with Gasteiger partial charge in [-0.3, -0.25) is 14.9 Å². The number of H-pyrrole nitrogens is 1. The second kappa shape index (κ2) is 4.37. The van der Waals surface area contributed by atoms with Gasteiger partial charge in [-0.2, -0.15) is 0 Å². The Hall–Kier alpha value is -2.17. The highest BCUT2D eigenvalue weighted by atomic mass is 16.6. The number of aromatic nitrogens is 1. The van der Waals surface area contributed by atoms with E-state index in [1.165, 1.54) is 12.1 Å². The Morgan fingerprint density at radius 3 is 2.76 bits per heavy atom. The molecule has 0 aliphatic rings. The molecule has 0 fully saturated rings. The standard InChI is InChI=1S/C12H12N2O3/c1-2-3-9-6-8-4-5-10(14(16)17)7-11(8)12(15)13-9/h4-7H,2-3H2,1H3,(H,13,15). The Morgan fingerprint density at radius 2 is 2.12 bits per heavy atom. The quantitative estimate of drug-likeness (QED) is 0.652. The topological polar surface area (TPSA) is 76.0 Å². The van der Waals surface area contributed by atoms with Crippen LogP contribution in [-0.4, -0.2) is 9.91 Å². The molecule has 1 aromatic heterocycles. The van der Waals surface area contributed by atoms with Gasteiger partial charge in [0.1, 0.15) is 0 Å². The van der Waals surface area contributed by atoms with Crippen molar-refractivity contribution < 1.29 is 4.92 Å². The third-order valence-electron chi connectivity index (χ3n) is 2.62. The van der Waals surface area contributed by atoms with Crippen LogP contribution >= 0.6 is 0 Å². The van der Waals surface area contributed by atoms with Gasteiger partial charge in [0, 0.05) is 17.8 Å². The molecule has 2 rings (SSSR count). The second-order valence-corrected chi connectivity index (χ2v) is 3.90. The van der Waals surface area contributed by atoms with E-state index in [0.29, 0.717) is 5.39 Å². The molecule has 0 saturated heterocycles. The molecule has 0 aliphatic heterocycles. The van der Waals surface area contributed by atoms with Gasteiger partial charge < -0.3 is 4.98 Å². The van der Waals surface area contributed by atoms with Crippen molar-refractivity contribution >= 4 is 16.5 Å². The maximum Gasteiger partial charge on any atom is 0.270 e.